The van der Waals surface area contributed by atoms with Crippen LogP contribution in [-0.2, 0) is 19.0 Å². The number of piperidine rings is 1. The second-order valence-corrected chi connectivity index (χ2v) is 7.10. The van der Waals surface area contributed by atoms with E-state index >= 15 is 0 Å². The fourth-order valence-corrected chi connectivity index (χ4v) is 2.81. The number of nitrogens with zero attached hydrogens (tertiary/aromatic N) is 1. The molecule has 1 aliphatic rings. The summed E-state index contributed by atoms with van der Waals surface area (Å²) in [6.07, 6.45) is -0.174. The molecule has 1 heterocycles. The van der Waals surface area contributed by atoms with Crippen molar-refractivity contribution >= 4 is 12.1 Å². The van der Waals surface area contributed by atoms with Gasteiger partial charge in [-0.25, -0.2) is 9.59 Å². The zero-order chi connectivity index (χ0) is 17.8. The minimum absolute atomic E-state index is 0.0487. The van der Waals surface area contributed by atoms with Crippen molar-refractivity contribution in [3.8, 4) is 0 Å². The summed E-state index contributed by atoms with van der Waals surface area (Å²) in [4.78, 5) is 22.9. The minimum Gasteiger partial charge on any atom is -0.459 e. The van der Waals surface area contributed by atoms with Crippen molar-refractivity contribution in [2.75, 3.05) is 13.2 Å². The fourth-order valence-electron chi connectivity index (χ4n) is 2.81. The Labute approximate surface area is 137 Å². The number of hydrogen-bond donors (Lipinski definition) is 1. The third-order valence-corrected chi connectivity index (χ3v) is 3.75. The average molecular weight is 329 g/mol. The second kappa shape index (κ2) is 7.31. The molecule has 7 nitrogen and oxygen atoms in total. The molecule has 0 unspecified atom stereocenters. The molecule has 1 aliphatic heterocycles. The predicted octanol–water partition coefficient (Wildman–Crippen LogP) is 2.67. The van der Waals surface area contributed by atoms with Gasteiger partial charge in [-0.3, -0.25) is 0 Å². The van der Waals surface area contributed by atoms with E-state index in [-0.39, 0.29) is 24.9 Å². The lowest BCUT2D eigenvalue weighted by atomic mass is 9.80. The van der Waals surface area contributed by atoms with Gasteiger partial charge in [-0.1, -0.05) is 6.58 Å². The van der Waals surface area contributed by atoms with Crippen LogP contribution in [0.1, 0.15) is 47.5 Å². The molecule has 132 valence electrons. The van der Waals surface area contributed by atoms with Crippen molar-refractivity contribution in [3.05, 3.63) is 12.2 Å². The Bertz CT molecular complexity index is 453. The summed E-state index contributed by atoms with van der Waals surface area (Å²) >= 11 is 0. The smallest absolute Gasteiger partial charge is 0.459 e. The molecule has 0 aromatic carbocycles. The van der Waals surface area contributed by atoms with Crippen molar-refractivity contribution in [1.82, 2.24) is 5.06 Å². The summed E-state index contributed by atoms with van der Waals surface area (Å²) < 4.78 is 15.0. The molecule has 0 spiro atoms. The molecule has 1 fully saturated rings. The first-order valence-electron chi connectivity index (χ1n) is 7.61. The molecule has 0 saturated carbocycles. The fraction of sp³-hybridized carbons (Fsp3) is 0.750. The van der Waals surface area contributed by atoms with E-state index in [0.717, 1.165) is 0 Å². The van der Waals surface area contributed by atoms with Crippen LogP contribution in [0.3, 0.4) is 0 Å². The van der Waals surface area contributed by atoms with Crippen molar-refractivity contribution < 1.29 is 29.0 Å². The van der Waals surface area contributed by atoms with Crippen LogP contribution in [0.15, 0.2) is 12.2 Å². The van der Waals surface area contributed by atoms with Gasteiger partial charge in [0.2, 0.25) is 0 Å². The molecular weight excluding hydrogens is 302 g/mol. The van der Waals surface area contributed by atoms with Crippen LogP contribution >= 0.6 is 0 Å². The lowest BCUT2D eigenvalue weighted by Gasteiger charge is -2.50. The number of esters is 1. The van der Waals surface area contributed by atoms with Gasteiger partial charge in [0.25, 0.3) is 0 Å². The van der Waals surface area contributed by atoms with Gasteiger partial charge in [0, 0.05) is 29.5 Å². The van der Waals surface area contributed by atoms with Gasteiger partial charge in [0.15, 0.2) is 0 Å². The van der Waals surface area contributed by atoms with Gasteiger partial charge in [0.1, 0.15) is 19.3 Å². The molecule has 0 atom stereocenters. The Morgan fingerprint density at radius 1 is 1.13 bits per heavy atom. The molecule has 1 saturated heterocycles. The maximum Gasteiger partial charge on any atom is 0.508 e. The van der Waals surface area contributed by atoms with Gasteiger partial charge in [-0.05, 0) is 34.6 Å². The molecule has 0 aromatic heterocycles. The highest BCUT2D eigenvalue weighted by molar-refractivity contribution is 5.86. The number of hydroxylamine groups is 2. The Hall–Kier alpha value is -1.60. The molecule has 0 amide bonds. The van der Waals surface area contributed by atoms with Gasteiger partial charge < -0.3 is 19.4 Å². The van der Waals surface area contributed by atoms with Crippen LogP contribution in [0.25, 0.3) is 0 Å². The number of carbonyl (C=O) groups is 2. The molecule has 23 heavy (non-hydrogen) atoms. The zero-order valence-corrected chi connectivity index (χ0v) is 14.5. The monoisotopic (exact) mass is 329 g/mol. The molecule has 0 bridgehead atoms. The van der Waals surface area contributed by atoms with E-state index in [9.17, 15) is 14.8 Å². The summed E-state index contributed by atoms with van der Waals surface area (Å²) in [6, 6.07) is 0. The molecule has 1 N–H and O–H groups in total. The second-order valence-electron chi connectivity index (χ2n) is 7.10. The predicted molar refractivity (Wildman–Crippen MR) is 83.0 cm³/mol. The quantitative estimate of drug-likeness (QED) is 0.471. The van der Waals surface area contributed by atoms with Crippen molar-refractivity contribution in [3.63, 3.8) is 0 Å². The summed E-state index contributed by atoms with van der Waals surface area (Å²) in [7, 11) is 0. The summed E-state index contributed by atoms with van der Waals surface area (Å²) in [5.41, 5.74) is -0.735. The Morgan fingerprint density at radius 2 is 1.61 bits per heavy atom. The summed E-state index contributed by atoms with van der Waals surface area (Å²) in [5.74, 6) is -0.527. The third-order valence-electron chi connectivity index (χ3n) is 3.75. The maximum absolute atomic E-state index is 11.7. The number of ether oxygens (including phenoxy) is 3. The maximum atomic E-state index is 11.7. The molecule has 7 heteroatoms. The highest BCUT2D eigenvalue weighted by atomic mass is 16.7. The van der Waals surface area contributed by atoms with Crippen LogP contribution in [0, 0.1) is 0 Å². The third kappa shape index (κ3) is 5.51. The minimum atomic E-state index is -0.806. The van der Waals surface area contributed by atoms with Crippen LogP contribution in [0.5, 0.6) is 0 Å². The van der Waals surface area contributed by atoms with E-state index in [0.29, 0.717) is 12.8 Å². The summed E-state index contributed by atoms with van der Waals surface area (Å²) in [6.45, 7) is 12.4. The van der Waals surface area contributed by atoms with Crippen molar-refractivity contribution in [2.24, 2.45) is 0 Å². The topological polar surface area (TPSA) is 85.3 Å². The van der Waals surface area contributed by atoms with E-state index < -0.39 is 23.2 Å². The lowest BCUT2D eigenvalue weighted by molar-refractivity contribution is -0.257. The molecule has 0 aromatic rings. The van der Waals surface area contributed by atoms with Crippen molar-refractivity contribution in [1.29, 1.82) is 0 Å². The molecule has 0 radical (unpaired) electrons. The SMILES string of the molecule is C=C(C)C(=O)OCCOC(=O)OC1CC(C)(C)N(O)C(C)(C)C1. The van der Waals surface area contributed by atoms with E-state index in [1.54, 1.807) is 0 Å². The Morgan fingerprint density at radius 3 is 2.09 bits per heavy atom. The largest absolute Gasteiger partial charge is 0.508 e. The van der Waals surface area contributed by atoms with Crippen LogP contribution in [0.2, 0.25) is 0 Å². The van der Waals surface area contributed by atoms with Gasteiger partial charge in [0.05, 0.1) is 0 Å². The highest BCUT2D eigenvalue weighted by Gasteiger charge is 2.46. The van der Waals surface area contributed by atoms with E-state index in [1.807, 2.05) is 27.7 Å². The first-order valence-corrected chi connectivity index (χ1v) is 7.61. The van der Waals surface area contributed by atoms with Gasteiger partial charge in [-0.2, -0.15) is 5.06 Å². The first kappa shape index (κ1) is 19.4. The van der Waals surface area contributed by atoms with E-state index in [2.05, 4.69) is 6.58 Å². The molecule has 0 aliphatic carbocycles. The first-order chi connectivity index (χ1) is 10.5. The summed E-state index contributed by atoms with van der Waals surface area (Å²) in [5, 5.41) is 11.5. The number of hydrogen-bond acceptors (Lipinski definition) is 7. The normalized spacial score (nSPS) is 20.6. The van der Waals surface area contributed by atoms with Crippen LogP contribution in [0.4, 0.5) is 4.79 Å². The molecule has 1 rings (SSSR count). The van der Waals surface area contributed by atoms with Crippen LogP contribution < -0.4 is 0 Å². The molecular formula is C16H27NO6. The van der Waals surface area contributed by atoms with Gasteiger partial charge >= 0.3 is 12.1 Å². The zero-order valence-electron chi connectivity index (χ0n) is 14.5. The van der Waals surface area contributed by atoms with Crippen LogP contribution in [-0.4, -0.2) is 52.8 Å². The van der Waals surface area contributed by atoms with Gasteiger partial charge in [-0.15, -0.1) is 0 Å². The Kier molecular flexibility index (Phi) is 6.18. The highest BCUT2D eigenvalue weighted by Crippen LogP contribution is 2.37. The number of carbonyl (C=O) groups excluding carboxylic acids is 2. The number of rotatable bonds is 5. The Balaban J connectivity index is 2.40. The van der Waals surface area contributed by atoms with Crippen molar-refractivity contribution in [2.45, 2.75) is 64.6 Å². The standard InChI is InChI=1S/C16H27NO6/c1-11(2)13(18)21-7-8-22-14(19)23-12-9-15(3,4)17(20)16(5,6)10-12/h12,20H,1,7-10H2,2-6H3. The van der Waals surface area contributed by atoms with E-state index in [4.69, 9.17) is 14.2 Å². The van der Waals surface area contributed by atoms with E-state index in [1.165, 1.54) is 12.0 Å². The average Bonchev–Trinajstić information content (AvgIpc) is 2.39. The lowest BCUT2D eigenvalue weighted by Crippen LogP contribution is -2.60.